The van der Waals surface area contributed by atoms with Crippen LogP contribution in [0.4, 0.5) is 8.78 Å². The maximum atomic E-state index is 15.2. The molecule has 2 aromatic rings. The normalized spacial score (nSPS) is 20.4. The second kappa shape index (κ2) is 12.2. The highest BCUT2D eigenvalue weighted by molar-refractivity contribution is 6.00. The first-order chi connectivity index (χ1) is 18.6. The number of ether oxygens (including phenoxy) is 2. The lowest BCUT2D eigenvalue weighted by molar-refractivity contribution is -0.158. The largest absolute Gasteiger partial charge is 0.354 e. The lowest BCUT2D eigenvalue weighted by atomic mass is 9.88. The molecule has 0 bridgehead atoms. The predicted octanol–water partition coefficient (Wildman–Crippen LogP) is 2.90. The fourth-order valence-corrected chi connectivity index (χ4v) is 5.56. The van der Waals surface area contributed by atoms with Crippen molar-refractivity contribution in [3.05, 3.63) is 70.8 Å². The van der Waals surface area contributed by atoms with Crippen LogP contribution in [0.3, 0.4) is 0 Å². The molecule has 0 radical (unpaired) electrons. The van der Waals surface area contributed by atoms with E-state index >= 15 is 4.39 Å². The van der Waals surface area contributed by atoms with Gasteiger partial charge >= 0.3 is 0 Å². The standard InChI is InChI=1S/C29H35F2N3O5/c1-16(2)11-23-27(35)33-25(19-12-17-7-5-6-8-18(17)13-19)29(37)34(23)26(21-10-9-20(30)14-22(21)31)28(36)32-15-24(38-3)39-4/h5-10,14,16,19,23-26H,11-13,15H2,1-4H3,(H,32,36)(H,33,35)/t23-,25?,26-/m1/s1. The van der Waals surface area contributed by atoms with Crippen LogP contribution in [0.25, 0.3) is 0 Å². The van der Waals surface area contributed by atoms with E-state index in [9.17, 15) is 18.8 Å². The molecule has 1 aliphatic carbocycles. The molecule has 1 saturated heterocycles. The Labute approximate surface area is 227 Å². The molecule has 2 aromatic carbocycles. The molecule has 0 spiro atoms. The summed E-state index contributed by atoms with van der Waals surface area (Å²) in [6, 6.07) is 7.24. The van der Waals surface area contributed by atoms with E-state index in [0.29, 0.717) is 18.9 Å². The van der Waals surface area contributed by atoms with Gasteiger partial charge in [-0.05, 0) is 48.3 Å². The van der Waals surface area contributed by atoms with Gasteiger partial charge in [-0.15, -0.1) is 0 Å². The van der Waals surface area contributed by atoms with Gasteiger partial charge in [-0.3, -0.25) is 14.4 Å². The third-order valence-electron chi connectivity index (χ3n) is 7.46. The molecular formula is C29H35F2N3O5. The van der Waals surface area contributed by atoms with E-state index in [0.717, 1.165) is 23.3 Å². The zero-order valence-electron chi connectivity index (χ0n) is 22.6. The van der Waals surface area contributed by atoms with Crippen molar-refractivity contribution in [3.63, 3.8) is 0 Å². The van der Waals surface area contributed by atoms with E-state index in [-0.39, 0.29) is 30.4 Å². The van der Waals surface area contributed by atoms with Crippen LogP contribution in [0.2, 0.25) is 0 Å². The highest BCUT2D eigenvalue weighted by atomic mass is 19.1. The highest BCUT2D eigenvalue weighted by Crippen LogP contribution is 2.36. The smallest absolute Gasteiger partial charge is 0.247 e. The molecule has 1 fully saturated rings. The average molecular weight is 544 g/mol. The van der Waals surface area contributed by atoms with Crippen LogP contribution in [-0.4, -0.2) is 61.8 Å². The number of piperazine rings is 1. The molecule has 10 heteroatoms. The average Bonchev–Trinajstić information content (AvgIpc) is 3.33. The maximum absolute atomic E-state index is 15.2. The van der Waals surface area contributed by atoms with Gasteiger partial charge in [-0.1, -0.05) is 44.2 Å². The van der Waals surface area contributed by atoms with Crippen molar-refractivity contribution in [2.45, 2.75) is 57.5 Å². The summed E-state index contributed by atoms with van der Waals surface area (Å²) < 4.78 is 39.4. The Balaban J connectivity index is 1.75. The number of fused-ring (bicyclic) bond motifs is 1. The number of nitrogens with one attached hydrogen (secondary N) is 2. The molecule has 2 N–H and O–H groups in total. The molecule has 1 heterocycles. The summed E-state index contributed by atoms with van der Waals surface area (Å²) in [6.07, 6.45) is 0.631. The first-order valence-electron chi connectivity index (χ1n) is 13.1. The number of carbonyl (C=O) groups excluding carboxylic acids is 3. The number of methoxy groups -OCH3 is 2. The summed E-state index contributed by atoms with van der Waals surface area (Å²) >= 11 is 0. The minimum absolute atomic E-state index is 0.0172. The van der Waals surface area contributed by atoms with E-state index in [1.807, 2.05) is 38.1 Å². The monoisotopic (exact) mass is 543 g/mol. The fourth-order valence-electron chi connectivity index (χ4n) is 5.56. The highest BCUT2D eigenvalue weighted by Gasteiger charge is 2.50. The molecule has 1 unspecified atom stereocenters. The third-order valence-corrected chi connectivity index (χ3v) is 7.46. The molecule has 3 amide bonds. The third kappa shape index (κ3) is 6.12. The van der Waals surface area contributed by atoms with Crippen molar-refractivity contribution in [2.24, 2.45) is 11.8 Å². The zero-order valence-corrected chi connectivity index (χ0v) is 22.6. The lowest BCUT2D eigenvalue weighted by Crippen LogP contribution is -2.67. The first kappa shape index (κ1) is 28.6. The second-order valence-electron chi connectivity index (χ2n) is 10.5. The SMILES string of the molecule is COC(CNC(=O)[C@@H](c1ccc(F)cc1F)N1C(=O)C(C2Cc3ccccc3C2)NC(=O)[C@H]1CC(C)C)OC. The van der Waals surface area contributed by atoms with Crippen molar-refractivity contribution >= 4 is 17.7 Å². The number of carbonyl (C=O) groups is 3. The zero-order chi connectivity index (χ0) is 28.3. The Morgan fingerprint density at radius 2 is 1.72 bits per heavy atom. The number of halogens is 2. The van der Waals surface area contributed by atoms with Gasteiger partial charge in [0.1, 0.15) is 29.8 Å². The predicted molar refractivity (Wildman–Crippen MR) is 139 cm³/mol. The van der Waals surface area contributed by atoms with Crippen LogP contribution in [-0.2, 0) is 36.7 Å². The summed E-state index contributed by atoms with van der Waals surface area (Å²) in [5, 5.41) is 5.57. The van der Waals surface area contributed by atoms with Crippen molar-refractivity contribution < 1.29 is 32.6 Å². The molecule has 4 rings (SSSR count). The van der Waals surface area contributed by atoms with E-state index < -0.39 is 53.8 Å². The van der Waals surface area contributed by atoms with Gasteiger partial charge in [0.2, 0.25) is 17.7 Å². The Kier molecular flexibility index (Phi) is 8.97. The summed E-state index contributed by atoms with van der Waals surface area (Å²) in [5.41, 5.74) is 2.00. The first-order valence-corrected chi connectivity index (χ1v) is 13.1. The van der Waals surface area contributed by atoms with Gasteiger partial charge in [0.05, 0.1) is 6.54 Å². The second-order valence-corrected chi connectivity index (χ2v) is 10.5. The molecule has 0 aromatic heterocycles. The molecule has 8 nitrogen and oxygen atoms in total. The fraction of sp³-hybridized carbons (Fsp3) is 0.483. The molecule has 210 valence electrons. The Morgan fingerprint density at radius 1 is 1.08 bits per heavy atom. The van der Waals surface area contributed by atoms with Crippen molar-refractivity contribution in [3.8, 4) is 0 Å². The lowest BCUT2D eigenvalue weighted by Gasteiger charge is -2.44. The number of hydrogen-bond acceptors (Lipinski definition) is 5. The number of rotatable bonds is 10. The molecular weight excluding hydrogens is 508 g/mol. The van der Waals surface area contributed by atoms with Crippen LogP contribution in [0, 0.1) is 23.5 Å². The van der Waals surface area contributed by atoms with Gasteiger partial charge in [-0.25, -0.2) is 8.78 Å². The minimum Gasteiger partial charge on any atom is -0.354 e. The van der Waals surface area contributed by atoms with Gasteiger partial charge in [0, 0.05) is 25.8 Å². The Hall–Kier alpha value is -3.37. The molecule has 0 saturated carbocycles. The van der Waals surface area contributed by atoms with Gasteiger partial charge in [-0.2, -0.15) is 0 Å². The Morgan fingerprint density at radius 3 is 2.28 bits per heavy atom. The minimum atomic E-state index is -1.52. The van der Waals surface area contributed by atoms with E-state index in [1.165, 1.54) is 19.1 Å². The molecule has 3 atom stereocenters. The van der Waals surface area contributed by atoms with Crippen LogP contribution in [0.5, 0.6) is 0 Å². The van der Waals surface area contributed by atoms with Crippen LogP contribution in [0.15, 0.2) is 42.5 Å². The van der Waals surface area contributed by atoms with Crippen LogP contribution >= 0.6 is 0 Å². The van der Waals surface area contributed by atoms with E-state index in [2.05, 4.69) is 10.6 Å². The molecule has 2 aliphatic rings. The van der Waals surface area contributed by atoms with Crippen LogP contribution in [0.1, 0.15) is 43.0 Å². The van der Waals surface area contributed by atoms with Gasteiger partial charge in [0.25, 0.3) is 0 Å². The van der Waals surface area contributed by atoms with Crippen molar-refractivity contribution in [2.75, 3.05) is 20.8 Å². The maximum Gasteiger partial charge on any atom is 0.247 e. The quantitative estimate of drug-likeness (QED) is 0.450. The number of hydrogen-bond donors (Lipinski definition) is 2. The van der Waals surface area contributed by atoms with E-state index in [4.69, 9.17) is 9.47 Å². The summed E-state index contributed by atoms with van der Waals surface area (Å²) in [5.74, 6) is -3.67. The van der Waals surface area contributed by atoms with Crippen molar-refractivity contribution in [1.82, 2.24) is 15.5 Å². The van der Waals surface area contributed by atoms with Crippen molar-refractivity contribution in [1.29, 1.82) is 0 Å². The summed E-state index contributed by atoms with van der Waals surface area (Å²) in [6.45, 7) is 3.70. The van der Waals surface area contributed by atoms with Gasteiger partial charge < -0.3 is 25.0 Å². The summed E-state index contributed by atoms with van der Waals surface area (Å²) in [7, 11) is 2.80. The Bertz CT molecular complexity index is 1190. The summed E-state index contributed by atoms with van der Waals surface area (Å²) in [4.78, 5) is 42.7. The van der Waals surface area contributed by atoms with Gasteiger partial charge in [0.15, 0.2) is 6.29 Å². The van der Waals surface area contributed by atoms with E-state index in [1.54, 1.807) is 0 Å². The number of benzene rings is 2. The topological polar surface area (TPSA) is 97.0 Å². The number of amides is 3. The molecule has 39 heavy (non-hydrogen) atoms. The molecule has 1 aliphatic heterocycles. The number of nitrogens with zero attached hydrogens (tertiary/aromatic N) is 1. The van der Waals surface area contributed by atoms with Crippen LogP contribution < -0.4 is 10.6 Å².